The summed E-state index contributed by atoms with van der Waals surface area (Å²) in [6.07, 6.45) is 1.73. The first-order valence-corrected chi connectivity index (χ1v) is 16.3. The Morgan fingerprint density at radius 3 is 2.38 bits per heavy atom. The molecule has 3 heterocycles. The Morgan fingerprint density at radius 2 is 1.58 bits per heavy atom. The second kappa shape index (κ2) is 13.7. The van der Waals surface area contributed by atoms with Gasteiger partial charge in [0.15, 0.2) is 0 Å². The maximum absolute atomic E-state index is 15.2. The Labute approximate surface area is 323 Å². The van der Waals surface area contributed by atoms with E-state index in [0.29, 0.717) is 39.8 Å². The van der Waals surface area contributed by atoms with Crippen LogP contribution in [0.25, 0.3) is 38.8 Å². The Hall–Kier alpha value is -6.29. The van der Waals surface area contributed by atoms with Crippen LogP contribution in [-0.2, 0) is 21.1 Å². The SMILES string of the molecule is [2H]C([2H])([2H])c1c(C#N)cccc1-c1cc(Oc2[c-]c3c(cc2)c2ccccc2n3-c2ccccn2)[c-]c(N2[CH-]N(c3ccc(F)cc3F)c3ccccc32)c1.[Pt]. The van der Waals surface area contributed by atoms with Gasteiger partial charge in [0.05, 0.1) is 11.6 Å². The Kier molecular flexibility index (Phi) is 7.84. The number of benzene rings is 6. The normalized spacial score (nSPS) is 13.2. The van der Waals surface area contributed by atoms with Crippen LogP contribution in [0.5, 0.6) is 11.5 Å². The number of halogens is 2. The molecule has 0 amide bonds. The first-order valence-electron chi connectivity index (χ1n) is 17.8. The minimum atomic E-state index is -2.62. The molecule has 260 valence electrons. The maximum atomic E-state index is 15.2. The van der Waals surface area contributed by atoms with Crippen LogP contribution >= 0.6 is 0 Å². The van der Waals surface area contributed by atoms with E-state index in [4.69, 9.17) is 8.85 Å². The van der Waals surface area contributed by atoms with Crippen LogP contribution < -0.4 is 14.5 Å². The number of fused-ring (bicyclic) bond motifs is 4. The van der Waals surface area contributed by atoms with Crippen LogP contribution in [0.15, 0.2) is 134 Å². The molecular formula is C44H26F2N5OPt-3. The fraction of sp³-hybridized carbons (Fsp3) is 0.0227. The van der Waals surface area contributed by atoms with Crippen molar-refractivity contribution in [2.45, 2.75) is 6.85 Å². The van der Waals surface area contributed by atoms with Crippen LogP contribution in [0.1, 0.15) is 15.2 Å². The molecule has 0 N–H and O–H groups in total. The molecule has 9 rings (SSSR count). The van der Waals surface area contributed by atoms with Gasteiger partial charge in [-0.2, -0.15) is 11.3 Å². The number of nitriles is 1. The summed E-state index contributed by atoms with van der Waals surface area (Å²) in [7, 11) is 0. The second-order valence-corrected chi connectivity index (χ2v) is 12.1. The molecule has 1 aliphatic heterocycles. The standard InChI is InChI=1S/C44H26F2N5O.Pt/c1-28-29(26-47)9-8-11-35(28)30-21-32(49-27-50(42-14-5-4-13-41(42)49)40-19-16-31(45)23-38(40)46)24-34(22-30)52-33-17-18-37-36-10-2-3-12-39(36)51(43(37)25-33)44-15-6-7-20-48-44;/h2-23,27H,1H3;/q-3;/i1D3;. The Morgan fingerprint density at radius 1 is 0.774 bits per heavy atom. The third-order valence-corrected chi connectivity index (χ3v) is 9.04. The number of rotatable bonds is 6. The number of hydrogen-bond acceptors (Lipinski definition) is 5. The third-order valence-electron chi connectivity index (χ3n) is 9.04. The smallest absolute Gasteiger partial charge is 0.147 e. The number of nitrogens with zero attached hydrogens (tertiary/aromatic N) is 5. The number of anilines is 4. The monoisotopic (exact) mass is 876 g/mol. The summed E-state index contributed by atoms with van der Waals surface area (Å²) in [6.45, 7) is -0.969. The number of aromatic nitrogens is 2. The minimum absolute atomic E-state index is 0. The second-order valence-electron chi connectivity index (χ2n) is 12.1. The van der Waals surface area contributed by atoms with Crippen LogP contribution in [0, 0.1) is 48.6 Å². The van der Waals surface area contributed by atoms with E-state index in [1.54, 1.807) is 53.0 Å². The molecular weight excluding hydrogens is 848 g/mol. The zero-order valence-corrected chi connectivity index (χ0v) is 29.8. The van der Waals surface area contributed by atoms with Crippen molar-refractivity contribution in [3.05, 3.63) is 175 Å². The number of para-hydroxylation sites is 3. The molecule has 0 bridgehead atoms. The molecule has 0 fully saturated rings. The summed E-state index contributed by atoms with van der Waals surface area (Å²) >= 11 is 0. The van der Waals surface area contributed by atoms with E-state index in [1.165, 1.54) is 18.2 Å². The van der Waals surface area contributed by atoms with Gasteiger partial charge in [-0.1, -0.05) is 54.0 Å². The van der Waals surface area contributed by atoms with Gasteiger partial charge in [0.25, 0.3) is 0 Å². The molecule has 6 nitrogen and oxygen atoms in total. The van der Waals surface area contributed by atoms with Crippen molar-refractivity contribution in [1.82, 2.24) is 9.55 Å². The van der Waals surface area contributed by atoms with Crippen molar-refractivity contribution in [1.29, 1.82) is 5.26 Å². The molecule has 1 aliphatic rings. The molecule has 0 unspecified atom stereocenters. The Balaban J connectivity index is 0.00000441. The Bertz CT molecular complexity index is 2840. The summed E-state index contributed by atoms with van der Waals surface area (Å²) in [5.41, 5.74) is 4.16. The van der Waals surface area contributed by atoms with Gasteiger partial charge in [-0.05, 0) is 71.9 Å². The van der Waals surface area contributed by atoms with Crippen LogP contribution in [0.2, 0.25) is 0 Å². The average Bonchev–Trinajstić information content (AvgIpc) is 3.73. The van der Waals surface area contributed by atoms with Gasteiger partial charge in [-0.3, -0.25) is 0 Å². The summed E-state index contributed by atoms with van der Waals surface area (Å²) < 4.78 is 62.9. The van der Waals surface area contributed by atoms with E-state index in [9.17, 15) is 9.65 Å². The van der Waals surface area contributed by atoms with Gasteiger partial charge >= 0.3 is 0 Å². The number of ether oxygens (including phenoxy) is 1. The molecule has 0 saturated heterocycles. The molecule has 9 heteroatoms. The van der Waals surface area contributed by atoms with Gasteiger partial charge in [0, 0.05) is 71.5 Å². The fourth-order valence-electron chi connectivity index (χ4n) is 6.70. The van der Waals surface area contributed by atoms with Crippen LogP contribution in [0.4, 0.5) is 31.5 Å². The van der Waals surface area contributed by atoms with E-state index in [-0.39, 0.29) is 43.6 Å². The quantitative estimate of drug-likeness (QED) is 0.156. The van der Waals surface area contributed by atoms with Gasteiger partial charge in [0.1, 0.15) is 17.5 Å². The fourth-order valence-corrected chi connectivity index (χ4v) is 6.70. The molecule has 2 aromatic heterocycles. The zero-order valence-electron chi connectivity index (χ0n) is 30.5. The maximum Gasteiger partial charge on any atom is 0.147 e. The average molecular weight is 877 g/mol. The van der Waals surface area contributed by atoms with Crippen LogP contribution in [0.3, 0.4) is 0 Å². The van der Waals surface area contributed by atoms with Crippen molar-refractivity contribution in [3.63, 3.8) is 0 Å². The van der Waals surface area contributed by atoms with E-state index in [2.05, 4.69) is 17.1 Å². The van der Waals surface area contributed by atoms with Crippen LogP contribution in [-0.4, -0.2) is 9.55 Å². The van der Waals surface area contributed by atoms with Crippen molar-refractivity contribution in [2.24, 2.45) is 0 Å². The van der Waals surface area contributed by atoms with Crippen molar-refractivity contribution >= 4 is 44.6 Å². The summed E-state index contributed by atoms with van der Waals surface area (Å²) in [5, 5.41) is 11.9. The van der Waals surface area contributed by atoms with Crippen molar-refractivity contribution in [3.8, 4) is 34.5 Å². The minimum Gasteiger partial charge on any atom is -0.509 e. The molecule has 0 saturated carbocycles. The van der Waals surface area contributed by atoms with E-state index in [1.807, 2.05) is 83.4 Å². The zero-order chi connectivity index (χ0) is 37.8. The first-order chi connectivity index (χ1) is 26.7. The van der Waals surface area contributed by atoms with Gasteiger partial charge in [-0.15, -0.1) is 53.6 Å². The molecule has 0 radical (unpaired) electrons. The molecule has 0 atom stereocenters. The van der Waals surface area contributed by atoms with Crippen molar-refractivity contribution < 1.29 is 38.7 Å². The number of pyridine rings is 1. The van der Waals surface area contributed by atoms with Gasteiger partial charge < -0.3 is 19.1 Å². The van der Waals surface area contributed by atoms with E-state index >= 15 is 4.39 Å². The predicted molar refractivity (Wildman–Crippen MR) is 199 cm³/mol. The van der Waals surface area contributed by atoms with Gasteiger partial charge in [0.2, 0.25) is 0 Å². The van der Waals surface area contributed by atoms with Gasteiger partial charge in [-0.25, -0.2) is 13.8 Å². The first kappa shape index (κ1) is 30.3. The van der Waals surface area contributed by atoms with E-state index < -0.39 is 18.5 Å². The largest absolute Gasteiger partial charge is 0.509 e. The molecule has 8 aromatic rings. The molecule has 53 heavy (non-hydrogen) atoms. The predicted octanol–water partition coefficient (Wildman–Crippen LogP) is 11.1. The summed E-state index contributed by atoms with van der Waals surface area (Å²) in [5.74, 6) is -0.167. The topological polar surface area (TPSA) is 57.3 Å². The molecule has 0 aliphatic carbocycles. The summed E-state index contributed by atoms with van der Waals surface area (Å²) in [6, 6.07) is 45.1. The molecule has 6 aromatic carbocycles. The number of hydrogen-bond donors (Lipinski definition) is 0. The summed E-state index contributed by atoms with van der Waals surface area (Å²) in [4.78, 5) is 7.98. The molecule has 0 spiro atoms. The van der Waals surface area contributed by atoms with E-state index in [0.717, 1.165) is 27.9 Å². The van der Waals surface area contributed by atoms with Crippen molar-refractivity contribution in [2.75, 3.05) is 9.80 Å². The third kappa shape index (κ3) is 5.89.